The molecule has 0 bridgehead atoms. The molecule has 0 atom stereocenters. The van der Waals surface area contributed by atoms with Gasteiger partial charge in [-0.3, -0.25) is 4.40 Å². The highest BCUT2D eigenvalue weighted by Crippen LogP contribution is 2.31. The van der Waals surface area contributed by atoms with Crippen LogP contribution in [-0.4, -0.2) is 20.2 Å². The van der Waals surface area contributed by atoms with Gasteiger partial charge in [-0.1, -0.05) is 26.0 Å². The van der Waals surface area contributed by atoms with Crippen molar-refractivity contribution in [1.82, 2.24) is 14.4 Å². The Morgan fingerprint density at radius 2 is 1.86 bits per heavy atom. The summed E-state index contributed by atoms with van der Waals surface area (Å²) in [4.78, 5) is 13.0. The molecule has 2 N–H and O–H groups in total. The van der Waals surface area contributed by atoms with E-state index in [-0.39, 0.29) is 0 Å². The Morgan fingerprint density at radius 1 is 1.09 bits per heavy atom. The maximum atomic E-state index is 5.78. The Kier molecular flexibility index (Phi) is 3.63. The summed E-state index contributed by atoms with van der Waals surface area (Å²) < 4.78 is 1.99. The van der Waals surface area contributed by atoms with Crippen molar-refractivity contribution in [1.29, 1.82) is 0 Å². The summed E-state index contributed by atoms with van der Waals surface area (Å²) in [7, 11) is 0. The molecule has 5 heteroatoms. The Bertz CT molecular complexity index is 861. The van der Waals surface area contributed by atoms with E-state index in [1.807, 2.05) is 37.6 Å². The van der Waals surface area contributed by atoms with Crippen molar-refractivity contribution in [3.8, 4) is 11.1 Å². The predicted molar refractivity (Wildman–Crippen MR) is 89.5 cm³/mol. The Morgan fingerprint density at radius 3 is 2.68 bits per heavy atom. The molecule has 3 heterocycles. The highest BCUT2D eigenvalue weighted by atomic mass is 15.1. The van der Waals surface area contributed by atoms with E-state index in [0.717, 1.165) is 34.7 Å². The SMILES string of the molecule is CC.Cc1cnc2ncc(-c3ccc4c(c3)N=C(N)C4)cn12. The fourth-order valence-corrected chi connectivity index (χ4v) is 2.52. The largest absolute Gasteiger partial charge is 0.387 e. The zero-order valence-electron chi connectivity index (χ0n) is 13.0. The summed E-state index contributed by atoms with van der Waals surface area (Å²) in [5, 5.41) is 0. The first-order valence-electron chi connectivity index (χ1n) is 7.47. The lowest BCUT2D eigenvalue weighted by atomic mass is 10.0. The Labute approximate surface area is 129 Å². The first kappa shape index (κ1) is 14.3. The quantitative estimate of drug-likeness (QED) is 0.748. The van der Waals surface area contributed by atoms with Crippen LogP contribution in [0.5, 0.6) is 0 Å². The van der Waals surface area contributed by atoms with Gasteiger partial charge < -0.3 is 5.73 Å². The number of nitrogens with two attached hydrogens (primary N) is 1. The third kappa shape index (κ3) is 2.35. The second kappa shape index (κ2) is 5.60. The van der Waals surface area contributed by atoms with Crippen LogP contribution in [0.3, 0.4) is 0 Å². The second-order valence-electron chi connectivity index (χ2n) is 5.04. The minimum atomic E-state index is 0.677. The van der Waals surface area contributed by atoms with E-state index in [1.54, 1.807) is 0 Å². The van der Waals surface area contributed by atoms with Gasteiger partial charge in [-0.15, -0.1) is 0 Å². The number of fused-ring (bicyclic) bond motifs is 2. The lowest BCUT2D eigenvalue weighted by Gasteiger charge is -2.05. The van der Waals surface area contributed by atoms with Crippen molar-refractivity contribution in [2.24, 2.45) is 10.7 Å². The standard InChI is InChI=1S/C15H13N5.C2H6/c1-9-6-17-15-18-7-12(8-20(9)15)10-2-3-11-5-14(16)19-13(11)4-10;1-2/h2-4,6-8H,5H2,1H3,(H2,16,19);1-2H3. The molecular weight excluding hydrogens is 274 g/mol. The van der Waals surface area contributed by atoms with Crippen molar-refractivity contribution >= 4 is 17.3 Å². The van der Waals surface area contributed by atoms with Gasteiger partial charge in [0.25, 0.3) is 0 Å². The second-order valence-corrected chi connectivity index (χ2v) is 5.04. The van der Waals surface area contributed by atoms with E-state index >= 15 is 0 Å². The van der Waals surface area contributed by atoms with Crippen molar-refractivity contribution in [3.05, 3.63) is 48.0 Å². The van der Waals surface area contributed by atoms with Gasteiger partial charge in [0.1, 0.15) is 5.84 Å². The summed E-state index contributed by atoms with van der Waals surface area (Å²) in [6, 6.07) is 6.23. The monoisotopic (exact) mass is 293 g/mol. The van der Waals surface area contributed by atoms with Crippen LogP contribution in [0.15, 0.2) is 41.8 Å². The molecule has 0 saturated heterocycles. The van der Waals surface area contributed by atoms with Crippen molar-refractivity contribution in [2.75, 3.05) is 0 Å². The highest BCUT2D eigenvalue weighted by Gasteiger charge is 2.13. The number of aliphatic imine (C=N–C) groups is 1. The third-order valence-electron chi connectivity index (χ3n) is 3.60. The molecule has 22 heavy (non-hydrogen) atoms. The molecule has 0 saturated carbocycles. The van der Waals surface area contributed by atoms with E-state index < -0.39 is 0 Å². The molecule has 1 aromatic carbocycles. The number of nitrogens with zero attached hydrogens (tertiary/aromatic N) is 4. The van der Waals surface area contributed by atoms with Crippen LogP contribution >= 0.6 is 0 Å². The molecule has 0 spiro atoms. The predicted octanol–water partition coefficient (Wildman–Crippen LogP) is 3.28. The first-order valence-corrected chi connectivity index (χ1v) is 7.47. The molecule has 1 aliphatic heterocycles. The normalized spacial score (nSPS) is 12.6. The van der Waals surface area contributed by atoms with Gasteiger partial charge in [0, 0.05) is 30.1 Å². The summed E-state index contributed by atoms with van der Waals surface area (Å²) in [5.41, 5.74) is 11.1. The number of benzene rings is 1. The van der Waals surface area contributed by atoms with E-state index in [0.29, 0.717) is 5.84 Å². The number of aryl methyl sites for hydroxylation is 1. The number of hydrogen-bond donors (Lipinski definition) is 1. The van der Waals surface area contributed by atoms with Crippen LogP contribution in [0.4, 0.5) is 5.69 Å². The topological polar surface area (TPSA) is 68.6 Å². The van der Waals surface area contributed by atoms with Gasteiger partial charge >= 0.3 is 0 Å². The number of aromatic nitrogens is 3. The molecule has 2 aromatic heterocycles. The van der Waals surface area contributed by atoms with Crippen LogP contribution in [0.25, 0.3) is 16.9 Å². The van der Waals surface area contributed by atoms with Crippen LogP contribution < -0.4 is 5.73 Å². The molecule has 0 amide bonds. The smallest absolute Gasteiger partial charge is 0.233 e. The number of hydrogen-bond acceptors (Lipinski definition) is 4. The Balaban J connectivity index is 0.000000693. The van der Waals surface area contributed by atoms with E-state index in [9.17, 15) is 0 Å². The van der Waals surface area contributed by atoms with Crippen molar-refractivity contribution in [3.63, 3.8) is 0 Å². The first-order chi connectivity index (χ1) is 10.7. The number of imidazole rings is 1. The molecule has 4 rings (SSSR count). The molecule has 0 fully saturated rings. The molecule has 1 aliphatic rings. The lowest BCUT2D eigenvalue weighted by Crippen LogP contribution is -2.09. The average Bonchev–Trinajstić information content (AvgIpc) is 3.10. The summed E-state index contributed by atoms with van der Waals surface area (Å²) >= 11 is 0. The summed E-state index contributed by atoms with van der Waals surface area (Å²) in [5.74, 6) is 1.39. The van der Waals surface area contributed by atoms with Crippen LogP contribution in [0.2, 0.25) is 0 Å². The number of amidine groups is 1. The Hall–Kier alpha value is -2.69. The van der Waals surface area contributed by atoms with Gasteiger partial charge in [0.05, 0.1) is 11.9 Å². The lowest BCUT2D eigenvalue weighted by molar-refractivity contribution is 1.06. The van der Waals surface area contributed by atoms with E-state index in [1.165, 1.54) is 5.56 Å². The van der Waals surface area contributed by atoms with Crippen LogP contribution in [0.1, 0.15) is 25.1 Å². The minimum Gasteiger partial charge on any atom is -0.387 e. The maximum absolute atomic E-state index is 5.78. The maximum Gasteiger partial charge on any atom is 0.233 e. The average molecular weight is 293 g/mol. The minimum absolute atomic E-state index is 0.677. The van der Waals surface area contributed by atoms with E-state index in [4.69, 9.17) is 5.73 Å². The van der Waals surface area contributed by atoms with Crippen LogP contribution in [0, 0.1) is 6.92 Å². The van der Waals surface area contributed by atoms with Crippen LogP contribution in [-0.2, 0) is 6.42 Å². The number of rotatable bonds is 1. The fourth-order valence-electron chi connectivity index (χ4n) is 2.52. The molecule has 0 aliphatic carbocycles. The summed E-state index contributed by atoms with van der Waals surface area (Å²) in [6.07, 6.45) is 6.45. The van der Waals surface area contributed by atoms with Gasteiger partial charge in [-0.2, -0.15) is 0 Å². The zero-order valence-corrected chi connectivity index (χ0v) is 13.0. The molecule has 112 valence electrons. The zero-order chi connectivity index (χ0) is 15.7. The van der Waals surface area contributed by atoms with Gasteiger partial charge in [0.2, 0.25) is 5.78 Å². The summed E-state index contributed by atoms with van der Waals surface area (Å²) in [6.45, 7) is 6.01. The molecule has 5 nitrogen and oxygen atoms in total. The molecular formula is C17H19N5. The van der Waals surface area contributed by atoms with Crippen molar-refractivity contribution < 1.29 is 0 Å². The fraction of sp³-hybridized carbons (Fsp3) is 0.235. The third-order valence-corrected chi connectivity index (χ3v) is 3.60. The molecule has 0 unspecified atom stereocenters. The van der Waals surface area contributed by atoms with Gasteiger partial charge in [-0.05, 0) is 24.1 Å². The molecule has 3 aromatic rings. The van der Waals surface area contributed by atoms with E-state index in [2.05, 4.69) is 39.4 Å². The van der Waals surface area contributed by atoms with Crippen molar-refractivity contribution in [2.45, 2.75) is 27.2 Å². The van der Waals surface area contributed by atoms with Gasteiger partial charge in [0.15, 0.2) is 0 Å². The van der Waals surface area contributed by atoms with Gasteiger partial charge in [-0.25, -0.2) is 15.0 Å². The highest BCUT2D eigenvalue weighted by molar-refractivity contribution is 5.91. The molecule has 0 radical (unpaired) electrons.